The smallest absolute Gasteiger partial charge is 0.238 e. The fraction of sp³-hybridized carbons (Fsp3) is 0.533. The van der Waals surface area contributed by atoms with E-state index >= 15 is 0 Å². The molecule has 1 saturated heterocycles. The van der Waals surface area contributed by atoms with Crippen molar-refractivity contribution in [3.63, 3.8) is 0 Å². The maximum absolute atomic E-state index is 11.9. The first-order valence-corrected chi connectivity index (χ1v) is 8.16. The number of hydrogen-bond donors (Lipinski definition) is 2. The molecule has 1 aliphatic heterocycles. The van der Waals surface area contributed by atoms with Gasteiger partial charge in [0.1, 0.15) is 11.9 Å². The maximum Gasteiger partial charge on any atom is 0.238 e. The Hall–Kier alpha value is -0.910. The van der Waals surface area contributed by atoms with Crippen LogP contribution in [0.1, 0.15) is 18.9 Å². The fourth-order valence-corrected chi connectivity index (χ4v) is 2.99. The fourth-order valence-electron chi connectivity index (χ4n) is 2.05. The Morgan fingerprint density at radius 1 is 1.57 bits per heavy atom. The van der Waals surface area contributed by atoms with Crippen molar-refractivity contribution in [1.29, 1.82) is 0 Å². The van der Waals surface area contributed by atoms with E-state index in [1.807, 2.05) is 31.2 Å². The molecule has 0 saturated carbocycles. The third-order valence-electron chi connectivity index (χ3n) is 3.28. The molecule has 1 amide bonds. The SMILES string of the molecule is CCC(CNC(=O)C1CSCN1)Oc1cccc(C)c1.Cl. The van der Waals surface area contributed by atoms with E-state index in [-0.39, 0.29) is 30.5 Å². The number of nitrogens with one attached hydrogen (secondary N) is 2. The Bertz CT molecular complexity index is 453. The van der Waals surface area contributed by atoms with Gasteiger partial charge in [-0.1, -0.05) is 19.1 Å². The number of benzene rings is 1. The maximum atomic E-state index is 11.9. The molecule has 0 spiro atoms. The van der Waals surface area contributed by atoms with Crippen molar-refractivity contribution in [2.45, 2.75) is 32.4 Å². The van der Waals surface area contributed by atoms with Gasteiger partial charge in [0.2, 0.25) is 5.91 Å². The Balaban J connectivity index is 0.00000220. The van der Waals surface area contributed by atoms with Crippen molar-refractivity contribution in [3.05, 3.63) is 29.8 Å². The number of thioether (sulfide) groups is 1. The van der Waals surface area contributed by atoms with E-state index in [1.165, 1.54) is 5.56 Å². The normalized spacial score (nSPS) is 18.7. The molecule has 1 aromatic carbocycles. The van der Waals surface area contributed by atoms with Gasteiger partial charge >= 0.3 is 0 Å². The van der Waals surface area contributed by atoms with Gasteiger partial charge in [-0.25, -0.2) is 0 Å². The zero-order valence-corrected chi connectivity index (χ0v) is 14.1. The molecular weight excluding hydrogens is 308 g/mol. The number of aryl methyl sites for hydroxylation is 1. The van der Waals surface area contributed by atoms with Crippen molar-refractivity contribution in [1.82, 2.24) is 10.6 Å². The van der Waals surface area contributed by atoms with E-state index in [9.17, 15) is 4.79 Å². The van der Waals surface area contributed by atoms with E-state index in [0.29, 0.717) is 6.54 Å². The van der Waals surface area contributed by atoms with E-state index in [2.05, 4.69) is 17.6 Å². The summed E-state index contributed by atoms with van der Waals surface area (Å²) in [6, 6.07) is 7.93. The van der Waals surface area contributed by atoms with Crippen LogP contribution in [-0.2, 0) is 4.79 Å². The lowest BCUT2D eigenvalue weighted by molar-refractivity contribution is -0.122. The molecule has 0 aliphatic carbocycles. The van der Waals surface area contributed by atoms with Crippen LogP contribution in [0.3, 0.4) is 0 Å². The zero-order chi connectivity index (χ0) is 14.4. The Morgan fingerprint density at radius 2 is 2.38 bits per heavy atom. The monoisotopic (exact) mass is 330 g/mol. The minimum absolute atomic E-state index is 0. The number of carbonyl (C=O) groups is 1. The number of rotatable bonds is 6. The molecule has 2 rings (SSSR count). The van der Waals surface area contributed by atoms with Crippen molar-refractivity contribution in [3.8, 4) is 5.75 Å². The first-order chi connectivity index (χ1) is 9.69. The molecule has 118 valence electrons. The quantitative estimate of drug-likeness (QED) is 0.840. The lowest BCUT2D eigenvalue weighted by atomic mass is 10.2. The molecule has 4 nitrogen and oxygen atoms in total. The lowest BCUT2D eigenvalue weighted by Crippen LogP contribution is -2.45. The number of halogens is 1. The highest BCUT2D eigenvalue weighted by atomic mass is 35.5. The summed E-state index contributed by atoms with van der Waals surface area (Å²) in [6.07, 6.45) is 0.871. The third-order valence-corrected chi connectivity index (χ3v) is 4.22. The summed E-state index contributed by atoms with van der Waals surface area (Å²) in [5.41, 5.74) is 1.17. The van der Waals surface area contributed by atoms with Crippen LogP contribution in [0.15, 0.2) is 24.3 Å². The summed E-state index contributed by atoms with van der Waals surface area (Å²) < 4.78 is 5.92. The topological polar surface area (TPSA) is 50.4 Å². The second kappa shape index (κ2) is 9.18. The van der Waals surface area contributed by atoms with Gasteiger partial charge in [0.25, 0.3) is 0 Å². The predicted molar refractivity (Wildman–Crippen MR) is 90.4 cm³/mol. The standard InChI is InChI=1S/C15H22N2O2S.ClH/c1-3-12(19-13-6-4-5-11(2)7-13)8-16-15(18)14-9-20-10-17-14;/h4-7,12,14,17H,3,8-10H2,1-2H3,(H,16,18);1H. The highest BCUT2D eigenvalue weighted by Crippen LogP contribution is 2.15. The molecule has 21 heavy (non-hydrogen) atoms. The van der Waals surface area contributed by atoms with E-state index in [1.54, 1.807) is 11.8 Å². The van der Waals surface area contributed by atoms with Crippen molar-refractivity contribution in [2.24, 2.45) is 0 Å². The van der Waals surface area contributed by atoms with Gasteiger partial charge in [-0.2, -0.15) is 0 Å². The molecule has 2 atom stereocenters. The van der Waals surface area contributed by atoms with Gasteiger partial charge in [-0.05, 0) is 31.0 Å². The van der Waals surface area contributed by atoms with Crippen LogP contribution < -0.4 is 15.4 Å². The van der Waals surface area contributed by atoms with Crippen molar-refractivity contribution >= 4 is 30.1 Å². The van der Waals surface area contributed by atoms with Crippen LogP contribution in [0.4, 0.5) is 0 Å². The van der Waals surface area contributed by atoms with Gasteiger partial charge in [0.05, 0.1) is 12.6 Å². The number of ether oxygens (including phenoxy) is 1. The molecular formula is C15H23ClN2O2S. The molecule has 0 radical (unpaired) electrons. The number of carbonyl (C=O) groups excluding carboxylic acids is 1. The van der Waals surface area contributed by atoms with Crippen LogP contribution in [0, 0.1) is 6.92 Å². The first kappa shape index (κ1) is 18.1. The summed E-state index contributed by atoms with van der Waals surface area (Å²) in [4.78, 5) is 11.9. The summed E-state index contributed by atoms with van der Waals surface area (Å²) in [6.45, 7) is 4.65. The average Bonchev–Trinajstić information content (AvgIpc) is 2.97. The van der Waals surface area contributed by atoms with Crippen LogP contribution >= 0.6 is 24.2 Å². The summed E-state index contributed by atoms with van der Waals surface area (Å²) >= 11 is 1.75. The lowest BCUT2D eigenvalue weighted by Gasteiger charge is -2.19. The molecule has 1 aliphatic rings. The van der Waals surface area contributed by atoms with Gasteiger partial charge in [0.15, 0.2) is 0 Å². The molecule has 2 unspecified atom stereocenters. The molecule has 2 N–H and O–H groups in total. The van der Waals surface area contributed by atoms with Crippen LogP contribution in [0.2, 0.25) is 0 Å². The Morgan fingerprint density at radius 3 is 3.00 bits per heavy atom. The minimum atomic E-state index is -0.0588. The largest absolute Gasteiger partial charge is 0.489 e. The summed E-state index contributed by atoms with van der Waals surface area (Å²) in [5.74, 6) is 2.64. The van der Waals surface area contributed by atoms with Gasteiger partial charge < -0.3 is 10.1 Å². The zero-order valence-electron chi connectivity index (χ0n) is 12.4. The molecule has 6 heteroatoms. The van der Waals surface area contributed by atoms with Crippen LogP contribution in [0.5, 0.6) is 5.75 Å². The number of amides is 1. The molecule has 0 aromatic heterocycles. The van der Waals surface area contributed by atoms with E-state index in [0.717, 1.165) is 23.8 Å². The second-order valence-corrected chi connectivity index (χ2v) is 6.01. The van der Waals surface area contributed by atoms with Crippen LogP contribution in [-0.4, -0.2) is 36.2 Å². The predicted octanol–water partition coefficient (Wildman–Crippen LogP) is 2.35. The highest BCUT2D eigenvalue weighted by Gasteiger charge is 2.22. The molecule has 0 bridgehead atoms. The van der Waals surface area contributed by atoms with Crippen molar-refractivity contribution < 1.29 is 9.53 Å². The number of hydrogen-bond acceptors (Lipinski definition) is 4. The molecule has 1 fully saturated rings. The van der Waals surface area contributed by atoms with Gasteiger partial charge in [0, 0.05) is 11.6 Å². The molecule has 1 aromatic rings. The van der Waals surface area contributed by atoms with Crippen molar-refractivity contribution in [2.75, 3.05) is 18.2 Å². The van der Waals surface area contributed by atoms with Gasteiger partial charge in [-0.15, -0.1) is 24.2 Å². The second-order valence-electron chi connectivity index (χ2n) is 4.98. The highest BCUT2D eigenvalue weighted by molar-refractivity contribution is 7.99. The Kier molecular flexibility index (Phi) is 7.93. The average molecular weight is 331 g/mol. The summed E-state index contributed by atoms with van der Waals surface area (Å²) in [5, 5.41) is 6.14. The van der Waals surface area contributed by atoms with E-state index in [4.69, 9.17) is 4.74 Å². The Labute approximate surface area is 136 Å². The van der Waals surface area contributed by atoms with Crippen LogP contribution in [0.25, 0.3) is 0 Å². The summed E-state index contributed by atoms with van der Waals surface area (Å²) in [7, 11) is 0. The molecule has 1 heterocycles. The minimum Gasteiger partial charge on any atom is -0.489 e. The van der Waals surface area contributed by atoms with E-state index < -0.39 is 0 Å². The third kappa shape index (κ3) is 5.77. The first-order valence-electron chi connectivity index (χ1n) is 7.01. The van der Waals surface area contributed by atoms with Gasteiger partial charge in [-0.3, -0.25) is 10.1 Å².